The quantitative estimate of drug-likeness (QED) is 0.0264. The van der Waals surface area contributed by atoms with Gasteiger partial charge >= 0.3 is 17.9 Å². The van der Waals surface area contributed by atoms with Gasteiger partial charge in [-0.2, -0.15) is 0 Å². The van der Waals surface area contributed by atoms with Gasteiger partial charge in [0.2, 0.25) is 0 Å². The summed E-state index contributed by atoms with van der Waals surface area (Å²) in [6.07, 6.45) is 56.3. The number of carbonyl (C=O) groups excluding carboxylic acids is 3. The number of unbranched alkanes of at least 4 members (excludes halogenated alkanes) is 22. The first kappa shape index (κ1) is 55.1. The SMILES string of the molecule is CCC/C=C\C/C=C\CCCCCCCC(=O)OC(COC(=O)CCCCCCC/C=C\CCC)COC(=O)CCCCCCCCC/C=C\C/C=C\CCCCC. The molecule has 0 saturated heterocycles. The fourth-order valence-electron chi connectivity index (χ4n) is 6.51. The van der Waals surface area contributed by atoms with Crippen molar-refractivity contribution < 1.29 is 28.6 Å². The lowest BCUT2D eigenvalue weighted by molar-refractivity contribution is -0.167. The topological polar surface area (TPSA) is 78.9 Å². The first-order valence-corrected chi connectivity index (χ1v) is 24.3. The normalized spacial score (nSPS) is 12.5. The average Bonchev–Trinajstić information content (AvgIpc) is 3.22. The zero-order chi connectivity index (χ0) is 42.3. The van der Waals surface area contributed by atoms with E-state index in [1.54, 1.807) is 0 Å². The maximum absolute atomic E-state index is 12.7. The Kier molecular flexibility index (Phi) is 44.5. The monoisotopic (exact) mass is 811 g/mol. The average molecular weight is 811 g/mol. The zero-order valence-electron chi connectivity index (χ0n) is 38.0. The molecule has 0 aliphatic rings. The molecule has 0 radical (unpaired) electrons. The van der Waals surface area contributed by atoms with E-state index in [4.69, 9.17) is 14.2 Å². The highest BCUT2D eigenvalue weighted by atomic mass is 16.6. The molecule has 0 aromatic carbocycles. The number of ether oxygens (including phenoxy) is 3. The Morgan fingerprint density at radius 2 is 0.655 bits per heavy atom. The van der Waals surface area contributed by atoms with E-state index in [9.17, 15) is 14.4 Å². The van der Waals surface area contributed by atoms with E-state index < -0.39 is 6.10 Å². The molecular weight excluding hydrogens is 721 g/mol. The highest BCUT2D eigenvalue weighted by Crippen LogP contribution is 2.14. The third kappa shape index (κ3) is 44.2. The van der Waals surface area contributed by atoms with Crippen LogP contribution in [0.2, 0.25) is 0 Å². The lowest BCUT2D eigenvalue weighted by Gasteiger charge is -2.18. The molecule has 1 atom stereocenters. The molecule has 58 heavy (non-hydrogen) atoms. The summed E-state index contributed by atoms with van der Waals surface area (Å²) in [7, 11) is 0. The van der Waals surface area contributed by atoms with Crippen LogP contribution in [0.1, 0.15) is 233 Å². The van der Waals surface area contributed by atoms with Crippen molar-refractivity contribution in [3.8, 4) is 0 Å². The Bertz CT molecular complexity index is 1070. The van der Waals surface area contributed by atoms with Crippen LogP contribution in [0.5, 0.6) is 0 Å². The molecule has 6 heteroatoms. The summed E-state index contributed by atoms with van der Waals surface area (Å²) < 4.78 is 16.7. The van der Waals surface area contributed by atoms with E-state index in [1.807, 2.05) is 0 Å². The molecule has 0 fully saturated rings. The Hall–Kier alpha value is -2.89. The van der Waals surface area contributed by atoms with Crippen LogP contribution < -0.4 is 0 Å². The molecule has 0 aliphatic carbocycles. The van der Waals surface area contributed by atoms with Crippen molar-refractivity contribution in [2.75, 3.05) is 13.2 Å². The summed E-state index contributed by atoms with van der Waals surface area (Å²) >= 11 is 0. The minimum atomic E-state index is -0.786. The van der Waals surface area contributed by atoms with Crippen molar-refractivity contribution in [2.24, 2.45) is 0 Å². The molecule has 0 spiro atoms. The van der Waals surface area contributed by atoms with Gasteiger partial charge in [-0.15, -0.1) is 0 Å². The third-order valence-electron chi connectivity index (χ3n) is 10.2. The largest absolute Gasteiger partial charge is 0.462 e. The molecule has 0 heterocycles. The van der Waals surface area contributed by atoms with E-state index in [1.165, 1.54) is 77.0 Å². The van der Waals surface area contributed by atoms with Gasteiger partial charge in [0.05, 0.1) is 0 Å². The standard InChI is InChI=1S/C52H90O6/c1-4-7-10-13-16-19-22-24-25-26-27-29-30-33-36-39-42-45-51(54)57-48-49(47-56-50(53)44-41-38-35-32-21-18-15-12-9-6-3)58-52(55)46-43-40-37-34-31-28-23-20-17-14-11-8-5-2/h11-12,14-16,19-20,23-25,49H,4-10,13,17-18,21-22,26-48H2,1-3H3/b14-11-,15-12-,19-16-,23-20-,25-24-. The van der Waals surface area contributed by atoms with Gasteiger partial charge in [-0.1, -0.05) is 178 Å². The molecular formula is C52H90O6. The molecule has 0 rings (SSSR count). The number of hydrogen-bond donors (Lipinski definition) is 0. The van der Waals surface area contributed by atoms with Crippen LogP contribution in [-0.2, 0) is 28.6 Å². The summed E-state index contributed by atoms with van der Waals surface area (Å²) in [6, 6.07) is 0. The van der Waals surface area contributed by atoms with E-state index in [-0.39, 0.29) is 31.1 Å². The maximum Gasteiger partial charge on any atom is 0.306 e. The van der Waals surface area contributed by atoms with Crippen LogP contribution in [0.4, 0.5) is 0 Å². The number of allylic oxidation sites excluding steroid dienone is 10. The van der Waals surface area contributed by atoms with Crippen LogP contribution >= 0.6 is 0 Å². The van der Waals surface area contributed by atoms with Crippen molar-refractivity contribution in [3.63, 3.8) is 0 Å². The highest BCUT2D eigenvalue weighted by molar-refractivity contribution is 5.71. The third-order valence-corrected chi connectivity index (χ3v) is 10.2. The first-order chi connectivity index (χ1) is 28.5. The van der Waals surface area contributed by atoms with Crippen LogP contribution in [0.3, 0.4) is 0 Å². The van der Waals surface area contributed by atoms with Gasteiger partial charge in [-0.05, 0) is 96.3 Å². The van der Waals surface area contributed by atoms with Crippen LogP contribution in [0.25, 0.3) is 0 Å². The number of esters is 3. The molecule has 0 aliphatic heterocycles. The van der Waals surface area contributed by atoms with Gasteiger partial charge in [0.1, 0.15) is 13.2 Å². The van der Waals surface area contributed by atoms with E-state index >= 15 is 0 Å². The number of carbonyl (C=O) groups is 3. The molecule has 0 aromatic rings. The summed E-state index contributed by atoms with van der Waals surface area (Å²) in [5, 5.41) is 0. The van der Waals surface area contributed by atoms with Crippen LogP contribution in [-0.4, -0.2) is 37.2 Å². The molecule has 0 N–H and O–H groups in total. The molecule has 334 valence electrons. The Labute approximate surface area is 358 Å². The molecule has 6 nitrogen and oxygen atoms in total. The minimum absolute atomic E-state index is 0.0871. The lowest BCUT2D eigenvalue weighted by atomic mass is 10.1. The van der Waals surface area contributed by atoms with Gasteiger partial charge < -0.3 is 14.2 Å². The van der Waals surface area contributed by atoms with E-state index in [0.717, 1.165) is 116 Å². The molecule has 0 bridgehead atoms. The van der Waals surface area contributed by atoms with Crippen molar-refractivity contribution >= 4 is 17.9 Å². The first-order valence-electron chi connectivity index (χ1n) is 24.3. The van der Waals surface area contributed by atoms with Gasteiger partial charge in [0, 0.05) is 19.3 Å². The van der Waals surface area contributed by atoms with Crippen molar-refractivity contribution in [2.45, 2.75) is 239 Å². The second-order valence-electron chi connectivity index (χ2n) is 16.0. The zero-order valence-corrected chi connectivity index (χ0v) is 38.0. The molecule has 0 amide bonds. The molecule has 0 aromatic heterocycles. The van der Waals surface area contributed by atoms with E-state index in [2.05, 4.69) is 81.5 Å². The number of hydrogen-bond acceptors (Lipinski definition) is 6. The summed E-state index contributed by atoms with van der Waals surface area (Å²) in [4.78, 5) is 37.8. The van der Waals surface area contributed by atoms with Gasteiger partial charge in [0.25, 0.3) is 0 Å². The Balaban J connectivity index is 4.38. The van der Waals surface area contributed by atoms with Gasteiger partial charge in [-0.25, -0.2) is 0 Å². The summed E-state index contributed by atoms with van der Waals surface area (Å²) in [5.74, 6) is -0.921. The van der Waals surface area contributed by atoms with Crippen molar-refractivity contribution in [3.05, 3.63) is 60.8 Å². The molecule has 1 unspecified atom stereocenters. The summed E-state index contributed by atoms with van der Waals surface area (Å²) in [6.45, 7) is 6.45. The van der Waals surface area contributed by atoms with Crippen LogP contribution in [0.15, 0.2) is 60.8 Å². The second kappa shape index (κ2) is 46.8. The maximum atomic E-state index is 12.7. The highest BCUT2D eigenvalue weighted by Gasteiger charge is 2.19. The Morgan fingerprint density at radius 1 is 0.345 bits per heavy atom. The van der Waals surface area contributed by atoms with Crippen molar-refractivity contribution in [1.29, 1.82) is 0 Å². The molecule has 0 saturated carbocycles. The fourth-order valence-corrected chi connectivity index (χ4v) is 6.51. The smallest absolute Gasteiger partial charge is 0.306 e. The number of rotatable bonds is 43. The lowest BCUT2D eigenvalue weighted by Crippen LogP contribution is -2.30. The van der Waals surface area contributed by atoms with Gasteiger partial charge in [-0.3, -0.25) is 14.4 Å². The van der Waals surface area contributed by atoms with Crippen LogP contribution in [0, 0.1) is 0 Å². The predicted molar refractivity (Wildman–Crippen MR) is 247 cm³/mol. The Morgan fingerprint density at radius 3 is 1.05 bits per heavy atom. The van der Waals surface area contributed by atoms with Crippen molar-refractivity contribution in [1.82, 2.24) is 0 Å². The second-order valence-corrected chi connectivity index (χ2v) is 16.0. The summed E-state index contributed by atoms with van der Waals surface area (Å²) in [5.41, 5.74) is 0. The van der Waals surface area contributed by atoms with E-state index in [0.29, 0.717) is 19.3 Å². The predicted octanol–water partition coefficient (Wildman–Crippen LogP) is 15.7. The minimum Gasteiger partial charge on any atom is -0.462 e. The fraction of sp³-hybridized carbons (Fsp3) is 0.750. The van der Waals surface area contributed by atoms with Gasteiger partial charge in [0.15, 0.2) is 6.10 Å².